The molecule has 112 valence electrons. The van der Waals surface area contributed by atoms with Crippen LogP contribution in [0.5, 0.6) is 0 Å². The second-order valence-corrected chi connectivity index (χ2v) is 7.20. The molecule has 0 fully saturated rings. The van der Waals surface area contributed by atoms with Crippen molar-refractivity contribution in [3.63, 3.8) is 0 Å². The Bertz CT molecular complexity index is 722. The Morgan fingerprint density at radius 1 is 1.24 bits per heavy atom. The van der Waals surface area contributed by atoms with Crippen molar-refractivity contribution in [3.8, 4) is 0 Å². The van der Waals surface area contributed by atoms with Crippen molar-refractivity contribution >= 4 is 33.0 Å². The number of ether oxygens (including phenoxy) is 1. The zero-order valence-electron chi connectivity index (χ0n) is 11.6. The fourth-order valence-electron chi connectivity index (χ4n) is 1.87. The van der Waals surface area contributed by atoms with E-state index in [0.29, 0.717) is 5.69 Å². The first-order valence-electron chi connectivity index (χ1n) is 6.11. The number of carbonyl (C=O) groups excluding carboxylic acids is 1. The minimum absolute atomic E-state index is 0.167. The summed E-state index contributed by atoms with van der Waals surface area (Å²) in [6.45, 7) is 0.167. The number of esters is 1. The minimum Gasteiger partial charge on any atom is -0.465 e. The molecule has 1 aromatic carbocycles. The van der Waals surface area contributed by atoms with E-state index in [1.807, 2.05) is 30.3 Å². The van der Waals surface area contributed by atoms with Crippen molar-refractivity contribution in [1.82, 2.24) is 0 Å². The van der Waals surface area contributed by atoms with Gasteiger partial charge in [-0.05, 0) is 17.0 Å². The van der Waals surface area contributed by atoms with Gasteiger partial charge in [0, 0.05) is 0 Å². The van der Waals surface area contributed by atoms with E-state index in [1.54, 1.807) is 11.4 Å². The molecule has 0 aliphatic carbocycles. The number of sulfonamides is 1. The van der Waals surface area contributed by atoms with Crippen LogP contribution < -0.4 is 4.31 Å². The highest BCUT2D eigenvalue weighted by atomic mass is 32.2. The number of rotatable bonds is 5. The zero-order chi connectivity index (χ0) is 15.5. The summed E-state index contributed by atoms with van der Waals surface area (Å²) >= 11 is 1.16. The Labute approximate surface area is 127 Å². The van der Waals surface area contributed by atoms with E-state index < -0.39 is 16.0 Å². The molecule has 7 heteroatoms. The van der Waals surface area contributed by atoms with Gasteiger partial charge < -0.3 is 4.74 Å². The molecule has 0 amide bonds. The van der Waals surface area contributed by atoms with Gasteiger partial charge in [0.15, 0.2) is 0 Å². The van der Waals surface area contributed by atoms with Gasteiger partial charge >= 0.3 is 5.97 Å². The molecular formula is C14H15NO4S2. The lowest BCUT2D eigenvalue weighted by Gasteiger charge is -2.22. The quantitative estimate of drug-likeness (QED) is 0.792. The fraction of sp³-hybridized carbons (Fsp3) is 0.214. The molecule has 0 bridgehead atoms. The van der Waals surface area contributed by atoms with Crippen LogP contribution in [0.4, 0.5) is 5.69 Å². The topological polar surface area (TPSA) is 63.7 Å². The second-order valence-electron chi connectivity index (χ2n) is 4.38. The van der Waals surface area contributed by atoms with Crippen molar-refractivity contribution in [2.24, 2.45) is 0 Å². The fourth-order valence-corrected chi connectivity index (χ4v) is 3.64. The molecule has 0 N–H and O–H groups in total. The molecule has 5 nitrogen and oxygen atoms in total. The summed E-state index contributed by atoms with van der Waals surface area (Å²) in [5.74, 6) is -0.540. The lowest BCUT2D eigenvalue weighted by atomic mass is 10.2. The van der Waals surface area contributed by atoms with Gasteiger partial charge in [0.25, 0.3) is 0 Å². The molecule has 2 rings (SSSR count). The van der Waals surface area contributed by atoms with Crippen LogP contribution in [-0.4, -0.2) is 27.8 Å². The van der Waals surface area contributed by atoms with Crippen molar-refractivity contribution in [3.05, 3.63) is 52.2 Å². The lowest BCUT2D eigenvalue weighted by molar-refractivity contribution is 0.0607. The number of hydrogen-bond donors (Lipinski definition) is 0. The first kappa shape index (κ1) is 15.5. The summed E-state index contributed by atoms with van der Waals surface area (Å²) < 4.78 is 30.1. The molecule has 0 aliphatic heterocycles. The first-order chi connectivity index (χ1) is 9.93. The van der Waals surface area contributed by atoms with Gasteiger partial charge in [0.05, 0.1) is 25.6 Å². The molecular weight excluding hydrogens is 310 g/mol. The van der Waals surface area contributed by atoms with Crippen LogP contribution in [0.3, 0.4) is 0 Å². The van der Waals surface area contributed by atoms with Gasteiger partial charge in [0.2, 0.25) is 10.0 Å². The zero-order valence-corrected chi connectivity index (χ0v) is 13.3. The molecule has 2 aromatic rings. The Kier molecular flexibility index (Phi) is 4.64. The van der Waals surface area contributed by atoms with E-state index in [-0.39, 0.29) is 11.4 Å². The van der Waals surface area contributed by atoms with Crippen LogP contribution in [0.2, 0.25) is 0 Å². The summed E-state index contributed by atoms with van der Waals surface area (Å²) in [6, 6.07) is 10.8. The first-order valence-corrected chi connectivity index (χ1v) is 8.83. The van der Waals surface area contributed by atoms with Crippen LogP contribution >= 0.6 is 11.3 Å². The number of thiophene rings is 1. The third kappa shape index (κ3) is 3.62. The van der Waals surface area contributed by atoms with Gasteiger partial charge in [-0.3, -0.25) is 4.31 Å². The SMILES string of the molecule is COC(=O)c1sccc1N(Cc1ccccc1)S(C)(=O)=O. The molecule has 0 atom stereocenters. The Morgan fingerprint density at radius 3 is 2.48 bits per heavy atom. The van der Waals surface area contributed by atoms with Crippen LogP contribution in [0.25, 0.3) is 0 Å². The predicted octanol–water partition coefficient (Wildman–Crippen LogP) is 2.50. The smallest absolute Gasteiger partial charge is 0.350 e. The maximum atomic E-state index is 12.1. The van der Waals surface area contributed by atoms with Crippen molar-refractivity contribution in [2.75, 3.05) is 17.7 Å². The number of hydrogen-bond acceptors (Lipinski definition) is 5. The second kappa shape index (κ2) is 6.28. The third-order valence-corrected chi connectivity index (χ3v) is 4.86. The van der Waals surface area contributed by atoms with Crippen molar-refractivity contribution < 1.29 is 17.9 Å². The number of benzene rings is 1. The minimum atomic E-state index is -3.52. The van der Waals surface area contributed by atoms with Gasteiger partial charge in [0.1, 0.15) is 4.88 Å². The Balaban J connectivity index is 2.43. The van der Waals surface area contributed by atoms with E-state index >= 15 is 0 Å². The van der Waals surface area contributed by atoms with Crippen LogP contribution in [0.1, 0.15) is 15.2 Å². The van der Waals surface area contributed by atoms with E-state index in [1.165, 1.54) is 11.4 Å². The summed E-state index contributed by atoms with van der Waals surface area (Å²) in [5, 5.41) is 1.67. The molecule has 0 saturated heterocycles. The number of carbonyl (C=O) groups is 1. The van der Waals surface area contributed by atoms with Gasteiger partial charge in [-0.25, -0.2) is 13.2 Å². The highest BCUT2D eigenvalue weighted by Crippen LogP contribution is 2.30. The average Bonchev–Trinajstić information content (AvgIpc) is 2.92. The number of anilines is 1. The predicted molar refractivity (Wildman–Crippen MR) is 83.1 cm³/mol. The molecule has 0 saturated carbocycles. The molecule has 21 heavy (non-hydrogen) atoms. The molecule has 0 aliphatic rings. The normalized spacial score (nSPS) is 11.1. The lowest BCUT2D eigenvalue weighted by Crippen LogP contribution is -2.30. The molecule has 1 aromatic heterocycles. The van der Waals surface area contributed by atoms with Crippen molar-refractivity contribution in [2.45, 2.75) is 6.54 Å². The van der Waals surface area contributed by atoms with Crippen LogP contribution in [0, 0.1) is 0 Å². The highest BCUT2D eigenvalue weighted by Gasteiger charge is 2.25. The van der Waals surface area contributed by atoms with Crippen molar-refractivity contribution in [1.29, 1.82) is 0 Å². The summed E-state index contributed by atoms with van der Waals surface area (Å²) in [6.07, 6.45) is 1.12. The Morgan fingerprint density at radius 2 is 1.90 bits per heavy atom. The van der Waals surface area contributed by atoms with E-state index in [9.17, 15) is 13.2 Å². The summed E-state index contributed by atoms with van der Waals surface area (Å²) in [4.78, 5) is 12.0. The summed E-state index contributed by atoms with van der Waals surface area (Å²) in [7, 11) is -2.25. The molecule has 0 spiro atoms. The van der Waals surface area contributed by atoms with E-state index in [4.69, 9.17) is 4.74 Å². The average molecular weight is 325 g/mol. The highest BCUT2D eigenvalue weighted by molar-refractivity contribution is 7.92. The van der Waals surface area contributed by atoms with Gasteiger partial charge in [-0.2, -0.15) is 0 Å². The number of nitrogens with zero attached hydrogens (tertiary/aromatic N) is 1. The number of methoxy groups -OCH3 is 1. The maximum Gasteiger partial charge on any atom is 0.350 e. The third-order valence-electron chi connectivity index (χ3n) is 2.85. The molecule has 0 radical (unpaired) electrons. The van der Waals surface area contributed by atoms with E-state index in [2.05, 4.69) is 0 Å². The molecule has 1 heterocycles. The largest absolute Gasteiger partial charge is 0.465 e. The van der Waals surface area contributed by atoms with Crippen LogP contribution in [-0.2, 0) is 21.3 Å². The van der Waals surface area contributed by atoms with Gasteiger partial charge in [-0.15, -0.1) is 11.3 Å². The Hall–Kier alpha value is -1.86. The molecule has 0 unspecified atom stereocenters. The van der Waals surface area contributed by atoms with Gasteiger partial charge in [-0.1, -0.05) is 30.3 Å². The monoisotopic (exact) mass is 325 g/mol. The summed E-state index contributed by atoms with van der Waals surface area (Å²) in [5.41, 5.74) is 1.18. The standard InChI is InChI=1S/C14H15NO4S2/c1-19-14(16)13-12(8-9-20-13)15(21(2,17)18)10-11-6-4-3-5-7-11/h3-9H,10H2,1-2H3. The maximum absolute atomic E-state index is 12.1. The van der Waals surface area contributed by atoms with E-state index in [0.717, 1.165) is 23.2 Å². The van der Waals surface area contributed by atoms with Crippen LogP contribution in [0.15, 0.2) is 41.8 Å².